The molecule has 3 N–H and O–H groups in total. The number of ether oxygens (including phenoxy) is 2. The number of urea groups is 1. The normalized spacial score (nSPS) is 17.5. The standard InChI is InChI=1S/C27H31F2N9O7/c1-18(36-8-9-37(25(36)41)20-3-5-21(6-4-20)38-14-30-32-33-38)27(43,23-7-2-19(28)10-24(23)29)13-35-16-34(15-31-35)17-45-26(42)44-12-22(40)11-39/h2-7,10,14-15,18,22,39-40,43H,8-9,11-13,16-17H2,1H3/t18-,22+,27-/m1/s1. The highest BCUT2D eigenvalue weighted by Crippen LogP contribution is 2.35. The molecule has 3 heterocycles. The van der Waals surface area contributed by atoms with E-state index in [-0.39, 0.29) is 38.6 Å². The topological polar surface area (TPSA) is 182 Å². The number of benzene rings is 2. The van der Waals surface area contributed by atoms with E-state index in [9.17, 15) is 24.2 Å². The molecule has 1 fully saturated rings. The Hall–Kier alpha value is -4.94. The summed E-state index contributed by atoms with van der Waals surface area (Å²) in [6.45, 7) is 0.390. The molecule has 3 aromatic rings. The van der Waals surface area contributed by atoms with E-state index < -0.39 is 54.8 Å². The van der Waals surface area contributed by atoms with Crippen molar-refractivity contribution in [3.05, 3.63) is 66.0 Å². The first kappa shape index (κ1) is 31.5. The Morgan fingerprint density at radius 2 is 1.87 bits per heavy atom. The van der Waals surface area contributed by atoms with Gasteiger partial charge in [0, 0.05) is 30.4 Å². The lowest BCUT2D eigenvalue weighted by Crippen LogP contribution is -2.55. The van der Waals surface area contributed by atoms with E-state index in [4.69, 9.17) is 9.84 Å². The van der Waals surface area contributed by atoms with Crippen LogP contribution < -0.4 is 4.90 Å². The van der Waals surface area contributed by atoms with Gasteiger partial charge in [0.05, 0.1) is 24.9 Å². The molecule has 0 radical (unpaired) electrons. The number of carbonyl (C=O) groups is 2. The van der Waals surface area contributed by atoms with Crippen molar-refractivity contribution < 1.29 is 43.2 Å². The molecule has 0 spiro atoms. The maximum Gasteiger partial charge on any atom is 0.510 e. The highest BCUT2D eigenvalue weighted by Gasteiger charge is 2.47. The van der Waals surface area contributed by atoms with Crippen molar-refractivity contribution >= 4 is 24.2 Å². The SMILES string of the molecule is C[C@@H](N1CCN(c2ccc(-n3cnnn3)cc2)C1=O)[C@](O)(CN1CN(COC(=O)OC[C@@H](O)CO)C=N1)c1ccc(F)cc1F. The third-order valence-electron chi connectivity index (χ3n) is 7.47. The summed E-state index contributed by atoms with van der Waals surface area (Å²) in [6, 6.07) is 8.32. The zero-order chi connectivity index (χ0) is 32.1. The summed E-state index contributed by atoms with van der Waals surface area (Å²) in [4.78, 5) is 29.8. The van der Waals surface area contributed by atoms with Crippen LogP contribution in [0, 0.1) is 11.6 Å². The average molecular weight is 632 g/mol. The quantitative estimate of drug-likeness (QED) is 0.235. The fourth-order valence-electron chi connectivity index (χ4n) is 5.02. The molecular formula is C27H31F2N9O7. The summed E-state index contributed by atoms with van der Waals surface area (Å²) >= 11 is 0. The highest BCUT2D eigenvalue weighted by molar-refractivity contribution is 5.94. The number of halogens is 2. The van der Waals surface area contributed by atoms with Crippen molar-refractivity contribution in [2.75, 3.05) is 51.1 Å². The Morgan fingerprint density at radius 3 is 2.56 bits per heavy atom. The molecule has 45 heavy (non-hydrogen) atoms. The monoisotopic (exact) mass is 631 g/mol. The van der Waals surface area contributed by atoms with Crippen LogP contribution in [0.25, 0.3) is 5.69 Å². The molecule has 1 saturated heterocycles. The molecular weight excluding hydrogens is 600 g/mol. The molecule has 2 aliphatic heterocycles. The molecule has 0 aliphatic carbocycles. The van der Waals surface area contributed by atoms with Crippen LogP contribution in [0.15, 0.2) is 53.9 Å². The molecule has 18 heteroatoms. The predicted molar refractivity (Wildman–Crippen MR) is 151 cm³/mol. The van der Waals surface area contributed by atoms with Crippen LogP contribution in [0.3, 0.4) is 0 Å². The molecule has 1 aromatic heterocycles. The molecule has 0 bridgehead atoms. The maximum atomic E-state index is 15.2. The summed E-state index contributed by atoms with van der Waals surface area (Å²) < 4.78 is 40.2. The van der Waals surface area contributed by atoms with Crippen LogP contribution in [-0.2, 0) is 15.1 Å². The number of hydrogen-bond acceptors (Lipinski definition) is 13. The maximum absolute atomic E-state index is 15.2. The summed E-state index contributed by atoms with van der Waals surface area (Å²) in [5, 5.41) is 46.9. The molecule has 2 amide bonds. The predicted octanol–water partition coefficient (Wildman–Crippen LogP) is 0.441. The minimum Gasteiger partial charge on any atom is -0.431 e. The number of aliphatic hydroxyl groups is 3. The van der Waals surface area contributed by atoms with Gasteiger partial charge in [-0.1, -0.05) is 6.07 Å². The minimum absolute atomic E-state index is 0.00188. The Labute approximate surface area is 255 Å². The highest BCUT2D eigenvalue weighted by atomic mass is 19.1. The Balaban J connectivity index is 1.29. The molecule has 2 aliphatic rings. The van der Waals surface area contributed by atoms with E-state index in [0.717, 1.165) is 12.1 Å². The van der Waals surface area contributed by atoms with Gasteiger partial charge < -0.3 is 34.6 Å². The van der Waals surface area contributed by atoms with Crippen molar-refractivity contribution in [3.63, 3.8) is 0 Å². The average Bonchev–Trinajstić information content (AvgIpc) is 3.80. The summed E-state index contributed by atoms with van der Waals surface area (Å²) in [7, 11) is 0. The van der Waals surface area contributed by atoms with Gasteiger partial charge in [-0.2, -0.15) is 5.10 Å². The largest absolute Gasteiger partial charge is 0.510 e. The summed E-state index contributed by atoms with van der Waals surface area (Å²) in [5.41, 5.74) is -1.03. The molecule has 16 nitrogen and oxygen atoms in total. The van der Waals surface area contributed by atoms with Gasteiger partial charge >= 0.3 is 12.2 Å². The zero-order valence-corrected chi connectivity index (χ0v) is 24.1. The first-order chi connectivity index (χ1) is 21.6. The van der Waals surface area contributed by atoms with E-state index in [1.54, 1.807) is 31.2 Å². The second-order valence-electron chi connectivity index (χ2n) is 10.4. The number of aliphatic hydroxyl groups excluding tert-OH is 2. The van der Waals surface area contributed by atoms with Crippen LogP contribution in [0.2, 0.25) is 0 Å². The molecule has 2 aromatic carbocycles. The molecule has 0 saturated carbocycles. The minimum atomic E-state index is -2.07. The van der Waals surface area contributed by atoms with E-state index in [1.807, 2.05) is 0 Å². The van der Waals surface area contributed by atoms with Gasteiger partial charge in [-0.15, -0.1) is 5.10 Å². The van der Waals surface area contributed by atoms with E-state index in [0.29, 0.717) is 17.4 Å². The van der Waals surface area contributed by atoms with Crippen molar-refractivity contribution in [2.24, 2.45) is 5.10 Å². The number of hydrogen-bond donors (Lipinski definition) is 3. The van der Waals surface area contributed by atoms with Crippen LogP contribution in [0.1, 0.15) is 12.5 Å². The van der Waals surface area contributed by atoms with E-state index in [2.05, 4.69) is 25.4 Å². The fraction of sp³-hybridized carbons (Fsp3) is 0.407. The van der Waals surface area contributed by atoms with Crippen LogP contribution in [0.4, 0.5) is 24.1 Å². The number of rotatable bonds is 12. The van der Waals surface area contributed by atoms with Crippen LogP contribution >= 0.6 is 0 Å². The van der Waals surface area contributed by atoms with Gasteiger partial charge in [0.25, 0.3) is 0 Å². The lowest BCUT2D eigenvalue weighted by atomic mass is 9.85. The summed E-state index contributed by atoms with van der Waals surface area (Å²) in [6.07, 6.45) is 0.428. The second kappa shape index (κ2) is 13.4. The number of β-amino-alcohol motifs (C(OH)–C–C–N with tert-alkyl or cyclic N) is 1. The zero-order valence-electron chi connectivity index (χ0n) is 24.1. The van der Waals surface area contributed by atoms with E-state index >= 15 is 4.39 Å². The fourth-order valence-corrected chi connectivity index (χ4v) is 5.02. The number of aromatic nitrogens is 4. The van der Waals surface area contributed by atoms with Gasteiger partial charge in [-0.3, -0.25) is 9.91 Å². The van der Waals surface area contributed by atoms with Gasteiger partial charge in [-0.05, 0) is 47.7 Å². The number of hydrazone groups is 1. The van der Waals surface area contributed by atoms with Gasteiger partial charge in [-0.25, -0.2) is 23.1 Å². The number of carbonyl (C=O) groups excluding carboxylic acids is 2. The molecule has 3 atom stereocenters. The van der Waals surface area contributed by atoms with Gasteiger partial charge in [0.1, 0.15) is 49.3 Å². The summed E-state index contributed by atoms with van der Waals surface area (Å²) in [5.74, 6) is -1.83. The Bertz CT molecular complexity index is 1510. The number of nitrogens with zero attached hydrogens (tertiary/aromatic N) is 9. The Kier molecular flexibility index (Phi) is 9.35. The molecule has 5 rings (SSSR count). The van der Waals surface area contributed by atoms with Crippen molar-refractivity contribution in [2.45, 2.75) is 24.7 Å². The number of amides is 2. The van der Waals surface area contributed by atoms with Gasteiger partial charge in [0.15, 0.2) is 6.73 Å². The molecule has 240 valence electrons. The first-order valence-corrected chi connectivity index (χ1v) is 13.8. The lowest BCUT2D eigenvalue weighted by molar-refractivity contribution is -0.0607. The van der Waals surface area contributed by atoms with Crippen molar-refractivity contribution in [3.8, 4) is 5.69 Å². The first-order valence-electron chi connectivity index (χ1n) is 13.8. The van der Waals surface area contributed by atoms with Crippen LogP contribution in [0.5, 0.6) is 0 Å². The Morgan fingerprint density at radius 1 is 1.11 bits per heavy atom. The van der Waals surface area contributed by atoms with Crippen molar-refractivity contribution in [1.29, 1.82) is 0 Å². The van der Waals surface area contributed by atoms with Gasteiger partial charge in [0.2, 0.25) is 0 Å². The number of tetrazole rings is 1. The smallest absolute Gasteiger partial charge is 0.431 e. The molecule has 0 unspecified atom stereocenters. The van der Waals surface area contributed by atoms with E-state index in [1.165, 1.54) is 37.1 Å². The lowest BCUT2D eigenvalue weighted by Gasteiger charge is -2.41. The third kappa shape index (κ3) is 6.92. The van der Waals surface area contributed by atoms with Crippen LogP contribution in [-0.4, -0.2) is 127 Å². The second-order valence-corrected chi connectivity index (χ2v) is 10.4. The van der Waals surface area contributed by atoms with Crippen molar-refractivity contribution in [1.82, 2.24) is 35.0 Å². The number of anilines is 1. The third-order valence-corrected chi connectivity index (χ3v) is 7.47.